The molecule has 2 aromatic rings. The number of thiophene rings is 1. The molecule has 90 valence electrons. The molecule has 1 aliphatic rings. The Hall–Kier alpha value is -1.94. The van der Waals surface area contributed by atoms with E-state index < -0.39 is 0 Å². The Labute approximate surface area is 108 Å². The molecule has 0 aliphatic carbocycles. The number of carbonyl (C=O) groups excluding carboxylic acids is 2. The van der Waals surface area contributed by atoms with Crippen molar-refractivity contribution in [3.63, 3.8) is 0 Å². The second kappa shape index (κ2) is 4.07. The number of hydrogen-bond acceptors (Lipinski definition) is 3. The molecule has 0 bridgehead atoms. The summed E-state index contributed by atoms with van der Waals surface area (Å²) in [6.45, 7) is 1.93. The van der Waals surface area contributed by atoms with E-state index in [1.54, 1.807) is 6.07 Å². The van der Waals surface area contributed by atoms with Gasteiger partial charge in [-0.05, 0) is 41.6 Å². The van der Waals surface area contributed by atoms with Crippen molar-refractivity contribution < 1.29 is 9.59 Å². The zero-order chi connectivity index (χ0) is 12.7. The predicted octanol–water partition coefficient (Wildman–Crippen LogP) is 2.78. The molecule has 1 N–H and O–H groups in total. The molecule has 3 rings (SSSR count). The Balaban J connectivity index is 2.05. The lowest BCUT2D eigenvalue weighted by Crippen LogP contribution is -2.04. The number of anilines is 1. The van der Waals surface area contributed by atoms with Gasteiger partial charge in [0, 0.05) is 11.3 Å². The number of ketones is 1. The highest BCUT2D eigenvalue weighted by atomic mass is 32.1. The Bertz CT molecular complexity index is 644. The van der Waals surface area contributed by atoms with E-state index in [1.165, 1.54) is 11.3 Å². The highest BCUT2D eigenvalue weighted by molar-refractivity contribution is 7.12. The maximum atomic E-state index is 12.2. The number of rotatable bonds is 2. The first-order chi connectivity index (χ1) is 8.65. The predicted molar refractivity (Wildman–Crippen MR) is 71.3 cm³/mol. The van der Waals surface area contributed by atoms with Crippen LogP contribution in [0, 0.1) is 6.92 Å². The van der Waals surface area contributed by atoms with Crippen molar-refractivity contribution in [3.8, 4) is 0 Å². The van der Waals surface area contributed by atoms with Crippen LogP contribution in [0.2, 0.25) is 0 Å². The minimum absolute atomic E-state index is 0.00572. The summed E-state index contributed by atoms with van der Waals surface area (Å²) in [4.78, 5) is 24.3. The highest BCUT2D eigenvalue weighted by Crippen LogP contribution is 2.29. The molecule has 1 amide bonds. The van der Waals surface area contributed by atoms with E-state index in [9.17, 15) is 9.59 Å². The summed E-state index contributed by atoms with van der Waals surface area (Å²) >= 11 is 1.43. The smallest absolute Gasteiger partial charge is 0.228 e. The molecule has 18 heavy (non-hydrogen) atoms. The Morgan fingerprint density at radius 2 is 2.22 bits per heavy atom. The van der Waals surface area contributed by atoms with Crippen molar-refractivity contribution in [1.82, 2.24) is 0 Å². The molecule has 0 spiro atoms. The first-order valence-corrected chi connectivity index (χ1v) is 6.54. The average molecular weight is 257 g/mol. The third-order valence-corrected chi connectivity index (χ3v) is 3.96. The van der Waals surface area contributed by atoms with Crippen molar-refractivity contribution in [2.24, 2.45) is 0 Å². The molecule has 2 heterocycles. The zero-order valence-electron chi connectivity index (χ0n) is 9.82. The van der Waals surface area contributed by atoms with E-state index in [0.29, 0.717) is 12.0 Å². The number of amides is 1. The quantitative estimate of drug-likeness (QED) is 0.841. The van der Waals surface area contributed by atoms with Crippen molar-refractivity contribution in [2.75, 3.05) is 5.32 Å². The van der Waals surface area contributed by atoms with Crippen LogP contribution < -0.4 is 5.32 Å². The van der Waals surface area contributed by atoms with E-state index in [0.717, 1.165) is 21.7 Å². The van der Waals surface area contributed by atoms with Crippen LogP contribution in [-0.4, -0.2) is 11.7 Å². The number of hydrogen-bond donors (Lipinski definition) is 1. The summed E-state index contributed by atoms with van der Waals surface area (Å²) in [5.74, 6) is 0.00544. The molecule has 0 unspecified atom stereocenters. The summed E-state index contributed by atoms with van der Waals surface area (Å²) in [5, 5.41) is 4.68. The molecular weight excluding hydrogens is 246 g/mol. The monoisotopic (exact) mass is 257 g/mol. The molecule has 3 nitrogen and oxygen atoms in total. The third kappa shape index (κ3) is 1.75. The molecule has 0 saturated carbocycles. The first-order valence-electron chi connectivity index (χ1n) is 5.67. The van der Waals surface area contributed by atoms with Crippen LogP contribution in [-0.2, 0) is 11.2 Å². The van der Waals surface area contributed by atoms with Gasteiger partial charge in [-0.2, -0.15) is 0 Å². The van der Waals surface area contributed by atoms with Crippen LogP contribution >= 0.6 is 11.3 Å². The normalized spacial score (nSPS) is 13.3. The minimum Gasteiger partial charge on any atom is -0.325 e. The van der Waals surface area contributed by atoms with Crippen LogP contribution in [0.3, 0.4) is 0 Å². The molecule has 0 saturated heterocycles. The van der Waals surface area contributed by atoms with Crippen LogP contribution in [0.4, 0.5) is 5.69 Å². The van der Waals surface area contributed by atoms with E-state index in [1.807, 2.05) is 30.5 Å². The van der Waals surface area contributed by atoms with Crippen molar-refractivity contribution >= 4 is 28.7 Å². The fourth-order valence-corrected chi connectivity index (χ4v) is 2.89. The van der Waals surface area contributed by atoms with Gasteiger partial charge >= 0.3 is 0 Å². The maximum Gasteiger partial charge on any atom is 0.228 e. The topological polar surface area (TPSA) is 46.2 Å². The summed E-state index contributed by atoms with van der Waals surface area (Å²) < 4.78 is 0. The van der Waals surface area contributed by atoms with Gasteiger partial charge in [0.1, 0.15) is 0 Å². The molecule has 0 radical (unpaired) electrons. The summed E-state index contributed by atoms with van der Waals surface area (Å²) in [6, 6.07) is 7.31. The van der Waals surface area contributed by atoms with Gasteiger partial charge in [-0.15, -0.1) is 11.3 Å². The molecule has 4 heteroatoms. The van der Waals surface area contributed by atoms with Crippen molar-refractivity contribution in [3.05, 3.63) is 51.2 Å². The number of fused-ring (bicyclic) bond motifs is 1. The Morgan fingerprint density at radius 3 is 2.94 bits per heavy atom. The second-order valence-corrected chi connectivity index (χ2v) is 5.30. The van der Waals surface area contributed by atoms with Crippen LogP contribution in [0.15, 0.2) is 29.6 Å². The Kier molecular flexibility index (Phi) is 2.52. The lowest BCUT2D eigenvalue weighted by atomic mass is 10.00. The van der Waals surface area contributed by atoms with Gasteiger partial charge in [-0.25, -0.2) is 0 Å². The van der Waals surface area contributed by atoms with Gasteiger partial charge < -0.3 is 5.32 Å². The average Bonchev–Trinajstić information content (AvgIpc) is 2.96. The standard InChI is InChI=1S/C14H11NO2S/c1-8-5-9(14(17)12-3-2-4-18-12)6-11-10(8)7-13(16)15-11/h2-6H,7H2,1H3,(H,15,16). The maximum absolute atomic E-state index is 12.2. The summed E-state index contributed by atoms with van der Waals surface area (Å²) in [7, 11) is 0. The van der Waals surface area contributed by atoms with Gasteiger partial charge in [-0.1, -0.05) is 6.07 Å². The van der Waals surface area contributed by atoms with Crippen LogP contribution in [0.1, 0.15) is 26.4 Å². The lowest BCUT2D eigenvalue weighted by molar-refractivity contribution is -0.115. The summed E-state index contributed by atoms with van der Waals surface area (Å²) in [5.41, 5.74) is 3.41. The van der Waals surface area contributed by atoms with Crippen LogP contribution in [0.25, 0.3) is 0 Å². The van der Waals surface area contributed by atoms with E-state index >= 15 is 0 Å². The molecule has 1 aromatic carbocycles. The highest BCUT2D eigenvalue weighted by Gasteiger charge is 2.22. The Morgan fingerprint density at radius 1 is 1.39 bits per heavy atom. The molecule has 0 atom stereocenters. The molecular formula is C14H11NO2S. The van der Waals surface area contributed by atoms with Crippen LogP contribution in [0.5, 0.6) is 0 Å². The van der Waals surface area contributed by atoms with E-state index in [2.05, 4.69) is 5.32 Å². The van der Waals surface area contributed by atoms with Gasteiger partial charge in [0.2, 0.25) is 11.7 Å². The van der Waals surface area contributed by atoms with Gasteiger partial charge in [0.25, 0.3) is 0 Å². The number of nitrogens with one attached hydrogen (secondary N) is 1. The molecule has 1 aromatic heterocycles. The molecule has 1 aliphatic heterocycles. The number of aryl methyl sites for hydroxylation is 1. The largest absolute Gasteiger partial charge is 0.325 e. The number of benzene rings is 1. The fourth-order valence-electron chi connectivity index (χ4n) is 2.20. The number of carbonyl (C=O) groups is 2. The van der Waals surface area contributed by atoms with E-state index in [-0.39, 0.29) is 11.7 Å². The van der Waals surface area contributed by atoms with E-state index in [4.69, 9.17) is 0 Å². The van der Waals surface area contributed by atoms with Gasteiger partial charge in [0.05, 0.1) is 11.3 Å². The third-order valence-electron chi connectivity index (χ3n) is 3.09. The van der Waals surface area contributed by atoms with Crippen molar-refractivity contribution in [2.45, 2.75) is 13.3 Å². The van der Waals surface area contributed by atoms with Crippen molar-refractivity contribution in [1.29, 1.82) is 0 Å². The lowest BCUT2D eigenvalue weighted by Gasteiger charge is -2.06. The fraction of sp³-hybridized carbons (Fsp3) is 0.143. The SMILES string of the molecule is Cc1cc(C(=O)c2cccs2)cc2c1CC(=O)N2. The molecule has 0 fully saturated rings. The van der Waals surface area contributed by atoms with Gasteiger partial charge in [0.15, 0.2) is 0 Å². The first kappa shape index (κ1) is 11.2. The van der Waals surface area contributed by atoms with Gasteiger partial charge in [-0.3, -0.25) is 9.59 Å². The summed E-state index contributed by atoms with van der Waals surface area (Å²) in [6.07, 6.45) is 0.411. The minimum atomic E-state index is -0.00572. The second-order valence-electron chi connectivity index (χ2n) is 4.35. The zero-order valence-corrected chi connectivity index (χ0v) is 10.6.